The number of urea groups is 2. The summed E-state index contributed by atoms with van der Waals surface area (Å²) in [6, 6.07) is 1.53. The average molecular weight is 432 g/mol. The zero-order valence-electron chi connectivity index (χ0n) is 18.0. The molecule has 2 aromatic rings. The van der Waals surface area contributed by atoms with Crippen LogP contribution in [-0.2, 0) is 0 Å². The Morgan fingerprint density at radius 3 is 1.55 bits per heavy atom. The van der Waals surface area contributed by atoms with Gasteiger partial charge in [0.25, 0.3) is 11.1 Å². The Balaban J connectivity index is 1.78. The predicted octanol–water partition coefficient (Wildman–Crippen LogP) is 1.52. The minimum absolute atomic E-state index is 0.0615. The first kappa shape index (κ1) is 23.6. The number of aromatic amines is 2. The van der Waals surface area contributed by atoms with Crippen molar-refractivity contribution >= 4 is 24.0 Å². The molecule has 0 aliphatic heterocycles. The molecule has 31 heavy (non-hydrogen) atoms. The average Bonchev–Trinajstić information content (AvgIpc) is 2.59. The van der Waals surface area contributed by atoms with E-state index in [1.165, 1.54) is 24.5 Å². The normalized spacial score (nSPS) is 11.5. The van der Waals surface area contributed by atoms with Crippen LogP contribution in [0.25, 0.3) is 0 Å². The van der Waals surface area contributed by atoms with Crippen molar-refractivity contribution in [3.05, 3.63) is 45.2 Å². The number of carbonyl (C=O) groups excluding carboxylic acids is 2. The second kappa shape index (κ2) is 9.87. The van der Waals surface area contributed by atoms with Gasteiger partial charge in [-0.1, -0.05) is 0 Å². The largest absolute Gasteiger partial charge is 0.333 e. The molecule has 0 bridgehead atoms. The van der Waals surface area contributed by atoms with E-state index in [1.54, 1.807) is 0 Å². The van der Waals surface area contributed by atoms with Gasteiger partial charge in [-0.05, 0) is 47.0 Å². The summed E-state index contributed by atoms with van der Waals surface area (Å²) in [7, 11) is 0. The molecule has 2 heterocycles. The summed E-state index contributed by atoms with van der Waals surface area (Å²) in [6.07, 6.45) is 4.59. The fourth-order valence-electron chi connectivity index (χ4n) is 2.86. The number of aromatic nitrogens is 4. The monoisotopic (exact) mass is 432 g/mol. The van der Waals surface area contributed by atoms with Gasteiger partial charge in [-0.15, -0.1) is 0 Å². The number of carbonyl (C=O) groups is 2. The molecule has 12 nitrogen and oxygen atoms in total. The minimum Gasteiger partial charge on any atom is -0.333 e. The van der Waals surface area contributed by atoms with Crippen LogP contribution in [0.15, 0.2) is 34.1 Å². The molecule has 0 aromatic carbocycles. The first-order valence-corrected chi connectivity index (χ1v) is 9.73. The highest BCUT2D eigenvalue weighted by molar-refractivity contribution is 5.88. The molecule has 0 atom stereocenters. The summed E-state index contributed by atoms with van der Waals surface area (Å²) in [4.78, 5) is 59.4. The lowest BCUT2D eigenvalue weighted by molar-refractivity contribution is 0.233. The molecule has 0 unspecified atom stereocenters. The van der Waals surface area contributed by atoms with E-state index in [1.807, 2.05) is 27.7 Å². The van der Waals surface area contributed by atoms with E-state index in [2.05, 4.69) is 41.2 Å². The molecule has 12 heteroatoms. The standard InChI is InChI=1S/C19H28N8O4/c1-18(2,26-16(30)24-14-20-10-6-12(28)22-14)8-5-9-19(3,4)27-17(31)25-15-21-11-7-13(29)23-15/h6-7,10-11H,5,8-9H2,1-4H3,(H3,20,22,24,26,28,30)(H3,21,23,25,27,29,31). The van der Waals surface area contributed by atoms with Gasteiger partial charge in [0.05, 0.1) is 0 Å². The molecule has 4 amide bonds. The number of rotatable bonds is 8. The molecular formula is C19H28N8O4. The molecule has 2 rings (SSSR count). The third-order valence-electron chi connectivity index (χ3n) is 4.31. The van der Waals surface area contributed by atoms with E-state index in [9.17, 15) is 19.2 Å². The number of hydrogen-bond acceptors (Lipinski definition) is 6. The highest BCUT2D eigenvalue weighted by atomic mass is 16.2. The number of hydrogen-bond donors (Lipinski definition) is 6. The van der Waals surface area contributed by atoms with Crippen molar-refractivity contribution in [1.82, 2.24) is 30.6 Å². The smallest absolute Gasteiger partial charge is 0.321 e. The van der Waals surface area contributed by atoms with Crippen LogP contribution in [0.3, 0.4) is 0 Å². The Kier molecular flexibility index (Phi) is 7.51. The molecule has 0 saturated heterocycles. The van der Waals surface area contributed by atoms with E-state index in [0.29, 0.717) is 19.3 Å². The van der Waals surface area contributed by atoms with Gasteiger partial charge >= 0.3 is 12.1 Å². The lowest BCUT2D eigenvalue weighted by Crippen LogP contribution is -2.47. The fraction of sp³-hybridized carbons (Fsp3) is 0.474. The van der Waals surface area contributed by atoms with E-state index < -0.39 is 23.1 Å². The number of H-pyrrole nitrogens is 2. The van der Waals surface area contributed by atoms with Gasteiger partial charge in [0.2, 0.25) is 11.9 Å². The predicted molar refractivity (Wildman–Crippen MR) is 116 cm³/mol. The minimum atomic E-state index is -0.537. The van der Waals surface area contributed by atoms with Gasteiger partial charge in [-0.25, -0.2) is 19.6 Å². The molecule has 0 spiro atoms. The zero-order chi connectivity index (χ0) is 23.1. The summed E-state index contributed by atoms with van der Waals surface area (Å²) in [5, 5.41) is 10.6. The maximum Gasteiger partial charge on any atom is 0.321 e. The Hall–Kier alpha value is -3.70. The van der Waals surface area contributed by atoms with Gasteiger partial charge in [0, 0.05) is 35.6 Å². The molecule has 0 radical (unpaired) electrons. The van der Waals surface area contributed by atoms with Gasteiger partial charge in [0.1, 0.15) is 0 Å². The molecule has 168 valence electrons. The second-order valence-electron chi connectivity index (χ2n) is 8.34. The van der Waals surface area contributed by atoms with Crippen LogP contribution in [-0.4, -0.2) is 43.1 Å². The number of nitrogens with zero attached hydrogens (tertiary/aromatic N) is 2. The summed E-state index contributed by atoms with van der Waals surface area (Å²) in [5.41, 5.74) is -1.80. The Bertz CT molecular complexity index is 946. The first-order chi connectivity index (χ1) is 14.4. The second-order valence-corrected chi connectivity index (χ2v) is 8.34. The number of nitrogens with one attached hydrogen (secondary N) is 6. The molecule has 0 aliphatic carbocycles. The van der Waals surface area contributed by atoms with Crippen molar-refractivity contribution in [2.24, 2.45) is 0 Å². The van der Waals surface area contributed by atoms with Crippen molar-refractivity contribution < 1.29 is 9.59 Å². The van der Waals surface area contributed by atoms with Gasteiger partial charge in [-0.3, -0.25) is 30.2 Å². The van der Waals surface area contributed by atoms with Crippen molar-refractivity contribution in [1.29, 1.82) is 0 Å². The van der Waals surface area contributed by atoms with E-state index >= 15 is 0 Å². The maximum atomic E-state index is 12.2. The number of amides is 4. The van der Waals surface area contributed by atoms with Crippen LogP contribution in [0, 0.1) is 0 Å². The van der Waals surface area contributed by atoms with Crippen LogP contribution < -0.4 is 32.4 Å². The summed E-state index contributed by atoms with van der Waals surface area (Å²) >= 11 is 0. The third-order valence-corrected chi connectivity index (χ3v) is 4.31. The summed E-state index contributed by atoms with van der Waals surface area (Å²) in [5.74, 6) is 0.123. The van der Waals surface area contributed by atoms with E-state index in [4.69, 9.17) is 0 Å². The highest BCUT2D eigenvalue weighted by Gasteiger charge is 2.25. The topological polar surface area (TPSA) is 174 Å². The van der Waals surface area contributed by atoms with Crippen LogP contribution in [0.1, 0.15) is 47.0 Å². The molecular weight excluding hydrogens is 404 g/mol. The Morgan fingerprint density at radius 1 is 0.806 bits per heavy atom. The van der Waals surface area contributed by atoms with Crippen molar-refractivity contribution in [2.75, 3.05) is 10.6 Å². The van der Waals surface area contributed by atoms with Gasteiger partial charge in [-0.2, -0.15) is 0 Å². The maximum absolute atomic E-state index is 12.2. The molecule has 6 N–H and O–H groups in total. The van der Waals surface area contributed by atoms with Crippen molar-refractivity contribution in [3.8, 4) is 0 Å². The lowest BCUT2D eigenvalue weighted by Gasteiger charge is -2.30. The lowest BCUT2D eigenvalue weighted by atomic mass is 9.91. The molecule has 0 saturated carbocycles. The van der Waals surface area contributed by atoms with Crippen molar-refractivity contribution in [3.63, 3.8) is 0 Å². The quantitative estimate of drug-likeness (QED) is 0.369. The Morgan fingerprint density at radius 2 is 1.19 bits per heavy atom. The fourth-order valence-corrected chi connectivity index (χ4v) is 2.86. The molecule has 0 fully saturated rings. The van der Waals surface area contributed by atoms with E-state index in [0.717, 1.165) is 0 Å². The van der Waals surface area contributed by atoms with Gasteiger partial charge < -0.3 is 10.6 Å². The summed E-state index contributed by atoms with van der Waals surface area (Å²) < 4.78 is 0. The van der Waals surface area contributed by atoms with Crippen LogP contribution in [0.5, 0.6) is 0 Å². The van der Waals surface area contributed by atoms with Crippen LogP contribution in [0.4, 0.5) is 21.5 Å². The van der Waals surface area contributed by atoms with Crippen LogP contribution in [0.2, 0.25) is 0 Å². The first-order valence-electron chi connectivity index (χ1n) is 9.73. The SMILES string of the molecule is CC(C)(CCCC(C)(C)NC(=O)Nc1nccc(=O)[nH]1)NC(=O)Nc1nccc(=O)[nH]1. The van der Waals surface area contributed by atoms with E-state index in [-0.39, 0.29) is 23.0 Å². The molecule has 0 aliphatic rings. The highest BCUT2D eigenvalue weighted by Crippen LogP contribution is 2.19. The molecule has 2 aromatic heterocycles. The number of anilines is 2. The summed E-state index contributed by atoms with van der Waals surface area (Å²) in [6.45, 7) is 7.49. The van der Waals surface area contributed by atoms with Gasteiger partial charge in [0.15, 0.2) is 0 Å². The van der Waals surface area contributed by atoms with Crippen molar-refractivity contribution in [2.45, 2.75) is 58.0 Å². The zero-order valence-corrected chi connectivity index (χ0v) is 18.0. The Labute approximate surface area is 178 Å². The van der Waals surface area contributed by atoms with Crippen LogP contribution >= 0.6 is 0 Å². The third kappa shape index (κ3) is 8.68.